The first-order valence-electron chi connectivity index (χ1n) is 8.76. The van der Waals surface area contributed by atoms with E-state index in [1.54, 1.807) is 36.4 Å². The minimum Gasteiger partial charge on any atom is -0.333 e. The summed E-state index contributed by atoms with van der Waals surface area (Å²) in [6, 6.07) is 13.0. The third-order valence-corrected chi connectivity index (χ3v) is 4.66. The molecular formula is C22H20BrF4N. The molecule has 0 unspecified atom stereocenters. The van der Waals surface area contributed by atoms with E-state index in [4.69, 9.17) is 0 Å². The van der Waals surface area contributed by atoms with Gasteiger partial charge < -0.3 is 4.90 Å². The summed E-state index contributed by atoms with van der Waals surface area (Å²) in [5.74, 6) is -1.34. The van der Waals surface area contributed by atoms with Crippen molar-refractivity contribution in [3.63, 3.8) is 0 Å². The lowest BCUT2D eigenvalue weighted by molar-refractivity contribution is 0.122. The Bertz CT molecular complexity index is 884. The number of allylic oxidation sites excluding steroid dienone is 3. The van der Waals surface area contributed by atoms with Gasteiger partial charge in [0.15, 0.2) is 0 Å². The number of benzene rings is 2. The van der Waals surface area contributed by atoms with Crippen molar-refractivity contribution >= 4 is 27.2 Å². The van der Waals surface area contributed by atoms with Gasteiger partial charge in [-0.2, -0.15) is 0 Å². The first-order chi connectivity index (χ1) is 13.4. The molecule has 0 aliphatic carbocycles. The van der Waals surface area contributed by atoms with Crippen LogP contribution in [0.25, 0.3) is 11.3 Å². The van der Waals surface area contributed by atoms with Gasteiger partial charge in [0.25, 0.3) is 6.43 Å². The molecule has 2 aromatic rings. The van der Waals surface area contributed by atoms with Crippen molar-refractivity contribution in [3.8, 4) is 0 Å². The zero-order valence-corrected chi connectivity index (χ0v) is 17.1. The lowest BCUT2D eigenvalue weighted by Gasteiger charge is -2.34. The van der Waals surface area contributed by atoms with Crippen molar-refractivity contribution in [2.75, 3.05) is 6.54 Å². The number of rotatable bonds is 4. The standard InChI is InChI=1S/C20H14BrF4N.C2H6/c1-12-17(23)10-14(13-6-3-2-4-7-13)20(26(12)11-18(24)25)19-15(21)8-5-9-16(19)22;1-2/h2-10,18H,1,11H2;1-2H3. The van der Waals surface area contributed by atoms with Crippen LogP contribution in [0.5, 0.6) is 0 Å². The Morgan fingerprint density at radius 3 is 2.21 bits per heavy atom. The van der Waals surface area contributed by atoms with Crippen LogP contribution < -0.4 is 0 Å². The Morgan fingerprint density at radius 1 is 1.00 bits per heavy atom. The minimum atomic E-state index is -2.75. The van der Waals surface area contributed by atoms with Crippen LogP contribution >= 0.6 is 15.9 Å². The van der Waals surface area contributed by atoms with E-state index in [-0.39, 0.29) is 17.0 Å². The molecule has 0 saturated heterocycles. The van der Waals surface area contributed by atoms with E-state index in [2.05, 4.69) is 22.5 Å². The van der Waals surface area contributed by atoms with Crippen molar-refractivity contribution in [1.29, 1.82) is 0 Å². The fraction of sp³-hybridized carbons (Fsp3) is 0.182. The lowest BCUT2D eigenvalue weighted by Crippen LogP contribution is -2.30. The second-order valence-corrected chi connectivity index (χ2v) is 6.52. The molecule has 2 aromatic carbocycles. The molecule has 0 fully saturated rings. The van der Waals surface area contributed by atoms with Crippen molar-refractivity contribution in [2.45, 2.75) is 20.3 Å². The van der Waals surface area contributed by atoms with Crippen LogP contribution in [0.1, 0.15) is 25.0 Å². The number of alkyl halides is 2. The highest BCUT2D eigenvalue weighted by Gasteiger charge is 2.31. The highest BCUT2D eigenvalue weighted by Crippen LogP contribution is 2.42. The molecule has 1 aliphatic rings. The smallest absolute Gasteiger partial charge is 0.256 e. The predicted octanol–water partition coefficient (Wildman–Crippen LogP) is 7.43. The van der Waals surface area contributed by atoms with Gasteiger partial charge in [-0.1, -0.05) is 56.8 Å². The maximum Gasteiger partial charge on any atom is 0.256 e. The molecule has 0 bridgehead atoms. The van der Waals surface area contributed by atoms with E-state index < -0.39 is 24.6 Å². The molecule has 0 radical (unpaired) electrons. The number of halogens is 5. The fourth-order valence-electron chi connectivity index (χ4n) is 2.86. The average Bonchev–Trinajstić information content (AvgIpc) is 2.68. The first kappa shape index (κ1) is 22.0. The molecule has 6 heteroatoms. The summed E-state index contributed by atoms with van der Waals surface area (Å²) < 4.78 is 55.8. The Labute approximate surface area is 170 Å². The van der Waals surface area contributed by atoms with Crippen LogP contribution in [0.2, 0.25) is 0 Å². The van der Waals surface area contributed by atoms with E-state index in [1.807, 2.05) is 13.8 Å². The molecule has 0 saturated carbocycles. The Kier molecular flexibility index (Phi) is 7.63. The fourth-order valence-corrected chi connectivity index (χ4v) is 3.39. The summed E-state index contributed by atoms with van der Waals surface area (Å²) in [5, 5.41) is 0. The Balaban J connectivity index is 0.00000136. The van der Waals surface area contributed by atoms with Gasteiger partial charge >= 0.3 is 0 Å². The SMILES string of the molecule is C=C1C(F)=CC(c2ccccc2)=C(c2c(F)cccc2Br)N1CC(F)F.CC. The highest BCUT2D eigenvalue weighted by atomic mass is 79.9. The Morgan fingerprint density at radius 2 is 1.64 bits per heavy atom. The maximum atomic E-state index is 14.6. The van der Waals surface area contributed by atoms with Crippen LogP contribution in [0, 0.1) is 5.82 Å². The van der Waals surface area contributed by atoms with E-state index in [1.165, 1.54) is 18.2 Å². The Hall–Kier alpha value is -2.34. The van der Waals surface area contributed by atoms with Gasteiger partial charge in [0.2, 0.25) is 0 Å². The number of hydrogen-bond acceptors (Lipinski definition) is 1. The topological polar surface area (TPSA) is 3.24 Å². The average molecular weight is 454 g/mol. The third-order valence-electron chi connectivity index (χ3n) is 4.00. The maximum absolute atomic E-state index is 14.6. The zero-order valence-electron chi connectivity index (χ0n) is 15.5. The minimum absolute atomic E-state index is 0.0805. The molecular weight excluding hydrogens is 434 g/mol. The zero-order chi connectivity index (χ0) is 20.8. The van der Waals surface area contributed by atoms with Gasteiger partial charge in [-0.05, 0) is 39.7 Å². The summed E-state index contributed by atoms with van der Waals surface area (Å²) in [5.41, 5.74) is 0.890. The normalized spacial score (nSPS) is 14.1. The summed E-state index contributed by atoms with van der Waals surface area (Å²) in [7, 11) is 0. The molecule has 148 valence electrons. The molecule has 0 aromatic heterocycles. The van der Waals surface area contributed by atoms with Crippen LogP contribution in [-0.2, 0) is 0 Å². The van der Waals surface area contributed by atoms with Gasteiger partial charge in [-0.3, -0.25) is 0 Å². The second kappa shape index (κ2) is 9.73. The quantitative estimate of drug-likeness (QED) is 0.435. The molecule has 0 N–H and O–H groups in total. The van der Waals surface area contributed by atoms with E-state index in [9.17, 15) is 17.6 Å². The molecule has 3 rings (SSSR count). The molecule has 1 heterocycles. The molecule has 1 aliphatic heterocycles. The van der Waals surface area contributed by atoms with E-state index in [0.29, 0.717) is 15.6 Å². The van der Waals surface area contributed by atoms with E-state index in [0.717, 1.165) is 4.90 Å². The van der Waals surface area contributed by atoms with Gasteiger partial charge in [0.05, 0.1) is 17.9 Å². The summed E-state index contributed by atoms with van der Waals surface area (Å²) in [6.07, 6.45) is -1.55. The number of nitrogens with zero attached hydrogens (tertiary/aromatic N) is 1. The monoisotopic (exact) mass is 453 g/mol. The first-order valence-corrected chi connectivity index (χ1v) is 9.55. The predicted molar refractivity (Wildman–Crippen MR) is 110 cm³/mol. The third kappa shape index (κ3) is 4.55. The van der Waals surface area contributed by atoms with Crippen LogP contribution in [0.15, 0.2) is 77.2 Å². The van der Waals surface area contributed by atoms with Gasteiger partial charge in [0.1, 0.15) is 11.6 Å². The summed E-state index contributed by atoms with van der Waals surface area (Å²) in [6.45, 7) is 6.77. The number of hydrogen-bond donors (Lipinski definition) is 0. The summed E-state index contributed by atoms with van der Waals surface area (Å²) in [4.78, 5) is 1.03. The van der Waals surface area contributed by atoms with Crippen LogP contribution in [-0.4, -0.2) is 17.9 Å². The van der Waals surface area contributed by atoms with Crippen molar-refractivity contribution in [1.82, 2.24) is 4.90 Å². The molecule has 28 heavy (non-hydrogen) atoms. The molecule has 0 atom stereocenters. The van der Waals surface area contributed by atoms with Crippen molar-refractivity contribution in [3.05, 3.63) is 94.1 Å². The highest BCUT2D eigenvalue weighted by molar-refractivity contribution is 9.10. The van der Waals surface area contributed by atoms with Gasteiger partial charge in [-0.15, -0.1) is 0 Å². The molecule has 0 amide bonds. The van der Waals surface area contributed by atoms with Gasteiger partial charge in [0, 0.05) is 15.6 Å². The van der Waals surface area contributed by atoms with Crippen LogP contribution in [0.4, 0.5) is 17.6 Å². The van der Waals surface area contributed by atoms with Crippen molar-refractivity contribution < 1.29 is 17.6 Å². The summed E-state index contributed by atoms with van der Waals surface area (Å²) >= 11 is 3.28. The van der Waals surface area contributed by atoms with Crippen molar-refractivity contribution in [2.24, 2.45) is 0 Å². The second-order valence-electron chi connectivity index (χ2n) is 5.67. The molecule has 0 spiro atoms. The lowest BCUT2D eigenvalue weighted by atomic mass is 9.94. The molecule has 1 nitrogen and oxygen atoms in total. The van der Waals surface area contributed by atoms with E-state index >= 15 is 0 Å². The largest absolute Gasteiger partial charge is 0.333 e. The van der Waals surface area contributed by atoms with Crippen LogP contribution in [0.3, 0.4) is 0 Å². The van der Waals surface area contributed by atoms with Gasteiger partial charge in [-0.25, -0.2) is 17.6 Å².